The number of carbonyl (C=O) groups excluding carboxylic acids is 1. The number of carboxylic acid groups (broad SMARTS) is 1. The molecule has 0 aliphatic rings. The standard InChI is InChI=1S/C40H80N2O4/c1-9-17-21-34(13-5)25-27-38(40(44)45)41(31-36(15-7)23-19-11-3)29-30-42(32-37(16-8)24-20-12-4)39(46-33-43)28-26-35(14-6)22-18-10-2/h33-39H,9-32H2,1-8H3,(H,44,45). The average Bonchev–Trinajstić information content (AvgIpc) is 3.06. The lowest BCUT2D eigenvalue weighted by Crippen LogP contribution is -2.50. The topological polar surface area (TPSA) is 70.1 Å². The second kappa shape index (κ2) is 30.0. The van der Waals surface area contributed by atoms with Gasteiger partial charge in [0.2, 0.25) is 0 Å². The summed E-state index contributed by atoms with van der Waals surface area (Å²) in [7, 11) is 0. The third-order valence-electron chi connectivity index (χ3n) is 10.8. The molecular weight excluding hydrogens is 572 g/mol. The molecule has 0 aromatic heterocycles. The van der Waals surface area contributed by atoms with Crippen LogP contribution in [0.2, 0.25) is 0 Å². The van der Waals surface area contributed by atoms with E-state index in [-0.39, 0.29) is 6.23 Å². The van der Waals surface area contributed by atoms with Crippen molar-refractivity contribution in [1.82, 2.24) is 9.80 Å². The number of hydrogen-bond acceptors (Lipinski definition) is 5. The summed E-state index contributed by atoms with van der Waals surface area (Å²) in [5.41, 5.74) is 0. The van der Waals surface area contributed by atoms with E-state index in [2.05, 4.69) is 65.2 Å². The highest BCUT2D eigenvalue weighted by Crippen LogP contribution is 2.26. The first-order chi connectivity index (χ1) is 22.3. The van der Waals surface area contributed by atoms with Crippen LogP contribution in [0.25, 0.3) is 0 Å². The van der Waals surface area contributed by atoms with Crippen LogP contribution in [0.5, 0.6) is 0 Å². The number of carboxylic acids is 1. The highest BCUT2D eigenvalue weighted by molar-refractivity contribution is 5.73. The van der Waals surface area contributed by atoms with Crippen LogP contribution >= 0.6 is 0 Å². The van der Waals surface area contributed by atoms with Gasteiger partial charge in [-0.2, -0.15) is 0 Å². The van der Waals surface area contributed by atoms with Crippen molar-refractivity contribution < 1.29 is 19.4 Å². The summed E-state index contributed by atoms with van der Waals surface area (Å²) in [5, 5.41) is 10.6. The number of aliphatic carboxylic acids is 1. The molecule has 0 aromatic carbocycles. The van der Waals surface area contributed by atoms with Crippen LogP contribution in [-0.4, -0.2) is 65.8 Å². The normalized spacial score (nSPS) is 15.9. The first-order valence-electron chi connectivity index (χ1n) is 20.1. The van der Waals surface area contributed by atoms with E-state index in [1.807, 2.05) is 0 Å². The van der Waals surface area contributed by atoms with Gasteiger partial charge in [0.1, 0.15) is 6.04 Å². The maximum absolute atomic E-state index is 12.9. The minimum absolute atomic E-state index is 0.255. The van der Waals surface area contributed by atoms with E-state index in [1.165, 1.54) is 70.6 Å². The first kappa shape index (κ1) is 44.9. The zero-order chi connectivity index (χ0) is 34.6. The minimum Gasteiger partial charge on any atom is -0.480 e. The Kier molecular flexibility index (Phi) is 29.2. The molecule has 0 fully saturated rings. The zero-order valence-corrected chi connectivity index (χ0v) is 32.1. The second-order valence-electron chi connectivity index (χ2n) is 14.4. The molecule has 0 saturated carbocycles. The molecule has 1 N–H and O–H groups in total. The van der Waals surface area contributed by atoms with E-state index in [1.54, 1.807) is 0 Å². The third kappa shape index (κ3) is 20.3. The summed E-state index contributed by atoms with van der Waals surface area (Å²) in [6, 6.07) is -0.473. The molecule has 6 atom stereocenters. The lowest BCUT2D eigenvalue weighted by molar-refractivity contribution is -0.146. The molecule has 0 heterocycles. The van der Waals surface area contributed by atoms with E-state index in [0.29, 0.717) is 43.1 Å². The summed E-state index contributed by atoms with van der Waals surface area (Å²) >= 11 is 0. The molecule has 0 aliphatic carbocycles. The summed E-state index contributed by atoms with van der Waals surface area (Å²) in [6.07, 6.45) is 22.1. The molecule has 6 unspecified atom stereocenters. The summed E-state index contributed by atoms with van der Waals surface area (Å²) in [6.45, 7) is 21.9. The molecule has 0 radical (unpaired) electrons. The molecule has 6 heteroatoms. The van der Waals surface area contributed by atoms with Gasteiger partial charge in [-0.05, 0) is 62.2 Å². The molecule has 274 valence electrons. The number of unbranched alkanes of at least 4 members (excludes halogenated alkanes) is 4. The number of hydrogen-bond donors (Lipinski definition) is 1. The Morgan fingerprint density at radius 3 is 1.35 bits per heavy atom. The predicted octanol–water partition coefficient (Wildman–Crippen LogP) is 11.0. The number of rotatable bonds is 34. The van der Waals surface area contributed by atoms with Gasteiger partial charge >= 0.3 is 5.97 Å². The van der Waals surface area contributed by atoms with E-state index in [4.69, 9.17) is 4.74 Å². The monoisotopic (exact) mass is 653 g/mol. The third-order valence-corrected chi connectivity index (χ3v) is 10.8. The SMILES string of the molecule is CCCCC(CC)CCC(OC=O)N(CCN(CC(CC)CCCC)C(CCC(CC)CCCC)C(=O)O)CC(CC)CCCC. The van der Waals surface area contributed by atoms with Gasteiger partial charge < -0.3 is 9.84 Å². The minimum atomic E-state index is -0.681. The zero-order valence-electron chi connectivity index (χ0n) is 32.1. The van der Waals surface area contributed by atoms with Gasteiger partial charge in [0.15, 0.2) is 6.23 Å². The van der Waals surface area contributed by atoms with Crippen molar-refractivity contribution in [3.05, 3.63) is 0 Å². The van der Waals surface area contributed by atoms with Crippen LogP contribution in [0.3, 0.4) is 0 Å². The summed E-state index contributed by atoms with van der Waals surface area (Å²) < 4.78 is 5.89. The summed E-state index contributed by atoms with van der Waals surface area (Å²) in [5.74, 6) is 1.60. The van der Waals surface area contributed by atoms with Crippen LogP contribution in [0.4, 0.5) is 0 Å². The molecule has 0 amide bonds. The average molecular weight is 653 g/mol. The Labute approximate surface area is 287 Å². The molecule has 6 nitrogen and oxygen atoms in total. The fraction of sp³-hybridized carbons (Fsp3) is 0.950. The van der Waals surface area contributed by atoms with Crippen molar-refractivity contribution >= 4 is 12.4 Å². The second-order valence-corrected chi connectivity index (χ2v) is 14.4. The molecule has 0 aliphatic heterocycles. The van der Waals surface area contributed by atoms with Crippen LogP contribution in [-0.2, 0) is 14.3 Å². The van der Waals surface area contributed by atoms with Gasteiger partial charge in [-0.15, -0.1) is 0 Å². The lowest BCUT2D eigenvalue weighted by Gasteiger charge is -2.38. The number of nitrogens with zero attached hydrogens (tertiary/aromatic N) is 2. The maximum Gasteiger partial charge on any atom is 0.320 e. The Balaban J connectivity index is 6.26. The number of carbonyl (C=O) groups is 2. The van der Waals surface area contributed by atoms with Crippen molar-refractivity contribution in [3.8, 4) is 0 Å². The van der Waals surface area contributed by atoms with Gasteiger partial charge in [-0.1, -0.05) is 145 Å². The largest absolute Gasteiger partial charge is 0.480 e. The van der Waals surface area contributed by atoms with Gasteiger partial charge in [0, 0.05) is 26.2 Å². The van der Waals surface area contributed by atoms with Crippen molar-refractivity contribution in [3.63, 3.8) is 0 Å². The maximum atomic E-state index is 12.9. The smallest absolute Gasteiger partial charge is 0.320 e. The van der Waals surface area contributed by atoms with Crippen LogP contribution < -0.4 is 0 Å². The highest BCUT2D eigenvalue weighted by Gasteiger charge is 2.30. The van der Waals surface area contributed by atoms with Gasteiger partial charge in [-0.25, -0.2) is 0 Å². The highest BCUT2D eigenvalue weighted by atomic mass is 16.5. The Morgan fingerprint density at radius 2 is 0.957 bits per heavy atom. The quantitative estimate of drug-likeness (QED) is 0.0551. The van der Waals surface area contributed by atoms with Crippen molar-refractivity contribution in [2.75, 3.05) is 26.2 Å². The fourth-order valence-corrected chi connectivity index (χ4v) is 7.21. The van der Waals surface area contributed by atoms with Crippen LogP contribution in [0, 0.1) is 23.7 Å². The Bertz CT molecular complexity index is 705. The number of ether oxygens (including phenoxy) is 1. The Hall–Kier alpha value is -1.14. The molecule has 0 rings (SSSR count). The van der Waals surface area contributed by atoms with Crippen molar-refractivity contribution in [1.29, 1.82) is 0 Å². The molecule has 0 spiro atoms. The van der Waals surface area contributed by atoms with E-state index >= 15 is 0 Å². The predicted molar refractivity (Wildman–Crippen MR) is 197 cm³/mol. The van der Waals surface area contributed by atoms with Crippen LogP contribution in [0.1, 0.15) is 184 Å². The van der Waals surface area contributed by atoms with Gasteiger partial charge in [-0.3, -0.25) is 19.4 Å². The summed E-state index contributed by atoms with van der Waals surface area (Å²) in [4.78, 5) is 29.5. The first-order valence-corrected chi connectivity index (χ1v) is 20.1. The van der Waals surface area contributed by atoms with E-state index in [9.17, 15) is 14.7 Å². The molecule has 0 bridgehead atoms. The molecule has 0 aromatic rings. The molecule has 0 saturated heterocycles. The Morgan fingerprint density at radius 1 is 0.565 bits per heavy atom. The molecular formula is C40H80N2O4. The van der Waals surface area contributed by atoms with Crippen LogP contribution in [0.15, 0.2) is 0 Å². The van der Waals surface area contributed by atoms with Crippen molar-refractivity contribution in [2.24, 2.45) is 23.7 Å². The lowest BCUT2D eigenvalue weighted by atomic mass is 9.91. The van der Waals surface area contributed by atoms with E-state index < -0.39 is 12.0 Å². The molecule has 46 heavy (non-hydrogen) atoms. The fourth-order valence-electron chi connectivity index (χ4n) is 7.21. The van der Waals surface area contributed by atoms with E-state index in [0.717, 1.165) is 71.0 Å². The van der Waals surface area contributed by atoms with Crippen molar-refractivity contribution in [2.45, 2.75) is 196 Å². The van der Waals surface area contributed by atoms with Gasteiger partial charge in [0.25, 0.3) is 6.47 Å². The van der Waals surface area contributed by atoms with Gasteiger partial charge in [0.05, 0.1) is 0 Å².